The Morgan fingerprint density at radius 3 is 2.54 bits per heavy atom. The molecule has 0 heterocycles. The molecule has 0 saturated carbocycles. The summed E-state index contributed by atoms with van der Waals surface area (Å²) < 4.78 is 5.39. The van der Waals surface area contributed by atoms with Crippen LogP contribution >= 0.6 is 0 Å². The van der Waals surface area contributed by atoms with Gasteiger partial charge in [-0.3, -0.25) is 4.79 Å². The van der Waals surface area contributed by atoms with Gasteiger partial charge in [0.2, 0.25) is 5.91 Å². The maximum atomic E-state index is 12.1. The van der Waals surface area contributed by atoms with E-state index in [2.05, 4.69) is 23.5 Å². The van der Waals surface area contributed by atoms with Crippen molar-refractivity contribution < 1.29 is 9.53 Å². The lowest BCUT2D eigenvalue weighted by Crippen LogP contribution is -2.07. The molecule has 3 aromatic rings. The predicted octanol–water partition coefficient (Wildman–Crippen LogP) is 4.89. The van der Waals surface area contributed by atoms with Crippen LogP contribution in [0.5, 0.6) is 5.75 Å². The lowest BCUT2D eigenvalue weighted by atomic mass is 10.0. The van der Waals surface area contributed by atoms with Crippen LogP contribution in [0.25, 0.3) is 16.8 Å². The molecule has 3 rings (SSSR count). The van der Waals surface area contributed by atoms with Gasteiger partial charge in [0.15, 0.2) is 0 Å². The molecule has 0 radical (unpaired) electrons. The first-order valence-electron chi connectivity index (χ1n) is 7.96. The van der Waals surface area contributed by atoms with Crippen LogP contribution in [0.15, 0.2) is 72.8 Å². The molecule has 24 heavy (non-hydrogen) atoms. The van der Waals surface area contributed by atoms with Gasteiger partial charge in [0.25, 0.3) is 0 Å². The fourth-order valence-electron chi connectivity index (χ4n) is 2.55. The van der Waals surface area contributed by atoms with E-state index in [0.717, 1.165) is 27.8 Å². The van der Waals surface area contributed by atoms with Crippen molar-refractivity contribution in [1.29, 1.82) is 0 Å². The molecule has 0 aliphatic carbocycles. The Bertz CT molecular complexity index is 861. The van der Waals surface area contributed by atoms with Crippen LogP contribution < -0.4 is 10.1 Å². The number of nitrogens with one attached hydrogen (secondary N) is 1. The van der Waals surface area contributed by atoms with Gasteiger partial charge in [-0.1, -0.05) is 42.5 Å². The van der Waals surface area contributed by atoms with Crippen molar-refractivity contribution in [2.24, 2.45) is 0 Å². The fraction of sp³-hybridized carbons (Fsp3) is 0.0952. The number of rotatable bonds is 5. The van der Waals surface area contributed by atoms with Crippen molar-refractivity contribution in [1.82, 2.24) is 0 Å². The average molecular weight is 317 g/mol. The Hall–Kier alpha value is -3.07. The third kappa shape index (κ3) is 3.82. The van der Waals surface area contributed by atoms with Crippen LogP contribution in [0.1, 0.15) is 12.5 Å². The summed E-state index contributed by atoms with van der Waals surface area (Å²) in [7, 11) is 0. The highest BCUT2D eigenvalue weighted by Gasteiger charge is 2.00. The average Bonchev–Trinajstić information content (AvgIpc) is 2.62. The molecule has 0 aromatic heterocycles. The summed E-state index contributed by atoms with van der Waals surface area (Å²) in [5, 5.41) is 5.14. The molecule has 0 unspecified atom stereocenters. The molecule has 0 aliphatic heterocycles. The second kappa shape index (κ2) is 7.47. The molecule has 3 nitrogen and oxygen atoms in total. The zero-order valence-electron chi connectivity index (χ0n) is 13.5. The highest BCUT2D eigenvalue weighted by molar-refractivity contribution is 6.03. The van der Waals surface area contributed by atoms with Gasteiger partial charge >= 0.3 is 0 Å². The zero-order chi connectivity index (χ0) is 16.8. The molecule has 120 valence electrons. The lowest BCUT2D eigenvalue weighted by molar-refractivity contribution is -0.111. The first-order chi connectivity index (χ1) is 11.8. The van der Waals surface area contributed by atoms with Crippen LogP contribution in [0.4, 0.5) is 5.69 Å². The van der Waals surface area contributed by atoms with E-state index >= 15 is 0 Å². The number of carbonyl (C=O) groups excluding carboxylic acids is 1. The molecule has 1 amide bonds. The second-order valence-electron chi connectivity index (χ2n) is 5.35. The molecule has 0 atom stereocenters. The van der Waals surface area contributed by atoms with Gasteiger partial charge < -0.3 is 10.1 Å². The highest BCUT2D eigenvalue weighted by atomic mass is 16.5. The summed E-state index contributed by atoms with van der Waals surface area (Å²) in [5.74, 6) is 0.633. The largest absolute Gasteiger partial charge is 0.494 e. The van der Waals surface area contributed by atoms with E-state index in [1.54, 1.807) is 6.08 Å². The number of hydrogen-bond acceptors (Lipinski definition) is 2. The maximum Gasteiger partial charge on any atom is 0.248 e. The van der Waals surface area contributed by atoms with Crippen LogP contribution in [-0.2, 0) is 4.79 Å². The van der Waals surface area contributed by atoms with E-state index in [4.69, 9.17) is 4.74 Å². The monoisotopic (exact) mass is 317 g/mol. The number of fused-ring (bicyclic) bond motifs is 1. The second-order valence-corrected chi connectivity index (χ2v) is 5.35. The normalized spacial score (nSPS) is 10.9. The highest BCUT2D eigenvalue weighted by Crippen LogP contribution is 2.20. The number of carbonyl (C=O) groups is 1. The van der Waals surface area contributed by atoms with Crippen LogP contribution in [0, 0.1) is 0 Å². The van der Waals surface area contributed by atoms with Crippen LogP contribution in [0.2, 0.25) is 0 Å². The van der Waals surface area contributed by atoms with E-state index in [-0.39, 0.29) is 5.91 Å². The van der Waals surface area contributed by atoms with Crippen molar-refractivity contribution in [3.8, 4) is 5.75 Å². The van der Waals surface area contributed by atoms with Gasteiger partial charge in [0.05, 0.1) is 6.61 Å². The minimum atomic E-state index is -0.160. The summed E-state index contributed by atoms with van der Waals surface area (Å²) >= 11 is 0. The van der Waals surface area contributed by atoms with Crippen LogP contribution in [-0.4, -0.2) is 12.5 Å². The third-order valence-electron chi connectivity index (χ3n) is 3.67. The van der Waals surface area contributed by atoms with Gasteiger partial charge in [-0.2, -0.15) is 0 Å². The molecular formula is C21H19NO2. The van der Waals surface area contributed by atoms with Gasteiger partial charge in [0, 0.05) is 11.8 Å². The SMILES string of the molecule is CCOc1ccc(NC(=O)C=Cc2cccc3ccccc23)cc1. The number of hydrogen-bond donors (Lipinski definition) is 1. The Balaban J connectivity index is 1.70. The summed E-state index contributed by atoms with van der Waals surface area (Å²) in [6.07, 6.45) is 3.39. The van der Waals surface area contributed by atoms with Crippen molar-refractivity contribution in [2.75, 3.05) is 11.9 Å². The topological polar surface area (TPSA) is 38.3 Å². The molecule has 1 N–H and O–H groups in total. The summed E-state index contributed by atoms with van der Waals surface area (Å²) in [6.45, 7) is 2.56. The zero-order valence-corrected chi connectivity index (χ0v) is 13.5. The van der Waals surface area contributed by atoms with Gasteiger partial charge in [0.1, 0.15) is 5.75 Å². The Morgan fingerprint density at radius 2 is 1.75 bits per heavy atom. The quantitative estimate of drug-likeness (QED) is 0.680. The first kappa shape index (κ1) is 15.8. The van der Waals surface area contributed by atoms with Crippen molar-refractivity contribution in [3.63, 3.8) is 0 Å². The van der Waals surface area contributed by atoms with Gasteiger partial charge in [-0.25, -0.2) is 0 Å². The van der Waals surface area contributed by atoms with E-state index in [0.29, 0.717) is 6.61 Å². The lowest BCUT2D eigenvalue weighted by Gasteiger charge is -2.05. The number of anilines is 1. The standard InChI is InChI=1S/C21H19NO2/c1-2-24-19-13-11-18(12-14-19)22-21(23)15-10-17-8-5-7-16-6-3-4-9-20(16)17/h3-15H,2H2,1H3,(H,22,23). The predicted molar refractivity (Wildman–Crippen MR) is 99.2 cm³/mol. The summed E-state index contributed by atoms with van der Waals surface area (Å²) in [5.41, 5.74) is 1.76. The molecule has 0 aliphatic rings. The van der Waals surface area contributed by atoms with Gasteiger partial charge in [-0.15, -0.1) is 0 Å². The van der Waals surface area contributed by atoms with Gasteiger partial charge in [-0.05, 0) is 53.6 Å². The number of benzene rings is 3. The number of ether oxygens (including phenoxy) is 1. The van der Waals surface area contributed by atoms with Crippen molar-refractivity contribution in [3.05, 3.63) is 78.4 Å². The summed E-state index contributed by atoms with van der Waals surface area (Å²) in [6, 6.07) is 21.5. The van der Waals surface area contributed by atoms with Crippen molar-refractivity contribution in [2.45, 2.75) is 6.92 Å². The molecule has 0 saturated heterocycles. The molecule has 3 heteroatoms. The fourth-order valence-corrected chi connectivity index (χ4v) is 2.55. The van der Waals surface area contributed by atoms with E-state index in [1.165, 1.54) is 0 Å². The van der Waals surface area contributed by atoms with E-state index < -0.39 is 0 Å². The maximum absolute atomic E-state index is 12.1. The Morgan fingerprint density at radius 1 is 1.00 bits per heavy atom. The van der Waals surface area contributed by atoms with Crippen molar-refractivity contribution >= 4 is 28.4 Å². The first-order valence-corrected chi connectivity index (χ1v) is 7.96. The number of amides is 1. The third-order valence-corrected chi connectivity index (χ3v) is 3.67. The molecule has 3 aromatic carbocycles. The Labute approximate surface area is 141 Å². The minimum Gasteiger partial charge on any atom is -0.494 e. The van der Waals surface area contributed by atoms with E-state index in [1.807, 2.05) is 61.5 Å². The molecule has 0 fully saturated rings. The van der Waals surface area contributed by atoms with Crippen LogP contribution in [0.3, 0.4) is 0 Å². The minimum absolute atomic E-state index is 0.160. The Kier molecular flexibility index (Phi) is 4.92. The molecule has 0 spiro atoms. The molecule has 0 bridgehead atoms. The van der Waals surface area contributed by atoms with E-state index in [9.17, 15) is 4.79 Å². The summed E-state index contributed by atoms with van der Waals surface area (Å²) in [4.78, 5) is 12.1. The smallest absolute Gasteiger partial charge is 0.248 e. The molecular weight excluding hydrogens is 298 g/mol.